The van der Waals surface area contributed by atoms with Crippen LogP contribution in [0.5, 0.6) is 0 Å². The van der Waals surface area contributed by atoms with E-state index in [0.717, 1.165) is 106 Å². The summed E-state index contributed by atoms with van der Waals surface area (Å²) in [6.07, 6.45) is 3.73. The number of benzene rings is 3. The van der Waals surface area contributed by atoms with Gasteiger partial charge in [-0.1, -0.05) is 42.5 Å². The van der Waals surface area contributed by atoms with Gasteiger partial charge in [0, 0.05) is 30.6 Å². The topological polar surface area (TPSA) is 54.0 Å². The zero-order valence-corrected chi connectivity index (χ0v) is 21.9. The van der Waals surface area contributed by atoms with Crippen molar-refractivity contribution in [3.63, 3.8) is 0 Å². The summed E-state index contributed by atoms with van der Waals surface area (Å²) in [5, 5.41) is 10.9. The first-order chi connectivity index (χ1) is 19.1. The number of hydrogen-bond donors (Lipinski definition) is 1. The number of rotatable bonds is 6. The zero-order chi connectivity index (χ0) is 26.0. The first-order valence-electron chi connectivity index (χ1n) is 14.0. The molecule has 2 bridgehead atoms. The van der Waals surface area contributed by atoms with Gasteiger partial charge in [-0.2, -0.15) is 10.1 Å². The zero-order valence-electron chi connectivity index (χ0n) is 21.9. The van der Waals surface area contributed by atoms with E-state index in [1.807, 2.05) is 24.4 Å². The van der Waals surface area contributed by atoms with E-state index in [-0.39, 0.29) is 5.82 Å². The van der Waals surface area contributed by atoms with E-state index < -0.39 is 5.60 Å². The van der Waals surface area contributed by atoms with Crippen LogP contribution in [0.2, 0.25) is 0 Å². The highest BCUT2D eigenvalue weighted by molar-refractivity contribution is 6.09. The minimum atomic E-state index is -0.455. The molecule has 0 atom stereocenters. The van der Waals surface area contributed by atoms with E-state index in [9.17, 15) is 4.39 Å². The summed E-state index contributed by atoms with van der Waals surface area (Å²) in [5.74, 6) is 0.911. The third kappa shape index (κ3) is 3.79. The Bertz CT molecular complexity index is 1670. The number of fused-ring (bicyclic) bond motifs is 5. The van der Waals surface area contributed by atoms with Gasteiger partial charge in [-0.25, -0.2) is 4.39 Å². The van der Waals surface area contributed by atoms with Crippen LogP contribution in [0.3, 0.4) is 0 Å². The molecule has 5 aromatic rings. The lowest BCUT2D eigenvalue weighted by Gasteiger charge is -2.49. The molecule has 6 nitrogen and oxygen atoms in total. The number of nitrogens with zero attached hydrogens (tertiary/aromatic N) is 4. The largest absolute Gasteiger partial charge is 0.364 e. The fourth-order valence-electron chi connectivity index (χ4n) is 6.68. The maximum atomic E-state index is 14.1. The van der Waals surface area contributed by atoms with Gasteiger partial charge in [0.25, 0.3) is 0 Å². The molecule has 3 aliphatic heterocycles. The Morgan fingerprint density at radius 3 is 2.38 bits per heavy atom. The van der Waals surface area contributed by atoms with Gasteiger partial charge in [0.2, 0.25) is 5.82 Å². The second-order valence-corrected chi connectivity index (χ2v) is 11.4. The molecule has 196 valence electrons. The molecule has 4 fully saturated rings. The fourth-order valence-corrected chi connectivity index (χ4v) is 6.68. The second-order valence-electron chi connectivity index (χ2n) is 11.4. The van der Waals surface area contributed by atoms with Crippen LogP contribution in [-0.2, 0) is 16.9 Å². The van der Waals surface area contributed by atoms with Crippen LogP contribution in [0.25, 0.3) is 32.8 Å². The molecule has 3 saturated heterocycles. The molecule has 5 heterocycles. The number of hydrogen-bond acceptors (Lipinski definition) is 4. The Labute approximate surface area is 226 Å². The predicted octanol–water partition coefficient (Wildman–Crippen LogP) is 5.76. The van der Waals surface area contributed by atoms with Gasteiger partial charge in [-0.05, 0) is 53.6 Å². The van der Waals surface area contributed by atoms with Crippen molar-refractivity contribution in [3.8, 4) is 11.1 Å². The normalized spacial score (nSPS) is 23.5. The molecular formula is C32H31FN5O+. The predicted molar refractivity (Wildman–Crippen MR) is 152 cm³/mol. The van der Waals surface area contributed by atoms with Gasteiger partial charge in [-0.15, -0.1) is 0 Å². The first kappa shape index (κ1) is 23.3. The van der Waals surface area contributed by atoms with E-state index in [4.69, 9.17) is 9.72 Å². The SMILES string of the molecule is Fc1ccc(-c2c(C3(OCc4ccccc4)CC3)nc([N+]34CCN(CC3)CC4)c3cc4[nH]ncc4cc23)cc1. The van der Waals surface area contributed by atoms with Crippen LogP contribution < -0.4 is 4.48 Å². The van der Waals surface area contributed by atoms with Crippen molar-refractivity contribution in [1.29, 1.82) is 0 Å². The highest BCUT2D eigenvalue weighted by atomic mass is 19.1. The smallest absolute Gasteiger partial charge is 0.236 e. The molecule has 0 amide bonds. The lowest BCUT2D eigenvalue weighted by Crippen LogP contribution is -2.68. The monoisotopic (exact) mass is 520 g/mol. The van der Waals surface area contributed by atoms with Gasteiger partial charge in [0.1, 0.15) is 11.4 Å². The average molecular weight is 521 g/mol. The fraction of sp³-hybridized carbons (Fsp3) is 0.312. The van der Waals surface area contributed by atoms with Gasteiger partial charge < -0.3 is 4.74 Å². The molecule has 1 aliphatic carbocycles. The molecule has 39 heavy (non-hydrogen) atoms. The maximum Gasteiger partial charge on any atom is 0.236 e. The molecule has 1 saturated carbocycles. The summed E-state index contributed by atoms with van der Waals surface area (Å²) >= 11 is 0. The highest BCUT2D eigenvalue weighted by Gasteiger charge is 2.51. The summed E-state index contributed by atoms with van der Waals surface area (Å²) in [5.41, 5.74) is 4.73. The molecule has 7 heteroatoms. The quantitative estimate of drug-likeness (QED) is 0.289. The Kier molecular flexibility index (Phi) is 5.17. The van der Waals surface area contributed by atoms with Gasteiger partial charge in [0.05, 0.1) is 49.0 Å². The third-order valence-electron chi connectivity index (χ3n) is 9.15. The molecule has 1 N–H and O–H groups in total. The van der Waals surface area contributed by atoms with Crippen molar-refractivity contribution in [2.45, 2.75) is 25.0 Å². The molecule has 9 rings (SSSR count). The van der Waals surface area contributed by atoms with Crippen molar-refractivity contribution in [2.24, 2.45) is 0 Å². The van der Waals surface area contributed by atoms with Crippen molar-refractivity contribution in [2.75, 3.05) is 39.3 Å². The van der Waals surface area contributed by atoms with E-state index >= 15 is 0 Å². The van der Waals surface area contributed by atoms with Gasteiger partial charge >= 0.3 is 0 Å². The number of halogens is 1. The van der Waals surface area contributed by atoms with Crippen LogP contribution in [0.15, 0.2) is 72.9 Å². The van der Waals surface area contributed by atoms with Crippen molar-refractivity contribution in [3.05, 3.63) is 90.0 Å². The first-order valence-corrected chi connectivity index (χ1v) is 14.0. The summed E-state index contributed by atoms with van der Waals surface area (Å²) in [6.45, 7) is 7.03. The number of H-pyrrole nitrogens is 1. The van der Waals surface area contributed by atoms with Crippen molar-refractivity contribution >= 4 is 27.5 Å². The van der Waals surface area contributed by atoms with E-state index in [1.165, 1.54) is 0 Å². The van der Waals surface area contributed by atoms with Gasteiger partial charge in [0.15, 0.2) is 0 Å². The lowest BCUT2D eigenvalue weighted by molar-refractivity contribution is 0.0140. The number of aromatic nitrogens is 3. The Morgan fingerprint density at radius 2 is 1.67 bits per heavy atom. The lowest BCUT2D eigenvalue weighted by atomic mass is 9.92. The second kappa shape index (κ2) is 8.68. The Balaban J connectivity index is 1.39. The molecule has 4 aliphatic rings. The number of piperazine rings is 3. The summed E-state index contributed by atoms with van der Waals surface area (Å²) in [7, 11) is 0. The van der Waals surface area contributed by atoms with Crippen LogP contribution in [0, 0.1) is 5.82 Å². The third-order valence-corrected chi connectivity index (χ3v) is 9.15. The summed E-state index contributed by atoms with van der Waals surface area (Å²) in [4.78, 5) is 8.19. The molecule has 0 unspecified atom stereocenters. The van der Waals surface area contributed by atoms with E-state index in [1.54, 1.807) is 12.1 Å². The number of pyridine rings is 1. The number of quaternary nitrogens is 1. The van der Waals surface area contributed by atoms with Crippen LogP contribution in [0.4, 0.5) is 10.2 Å². The minimum absolute atomic E-state index is 0.239. The van der Waals surface area contributed by atoms with E-state index in [2.05, 4.69) is 51.5 Å². The molecule has 0 radical (unpaired) electrons. The van der Waals surface area contributed by atoms with Gasteiger partial charge in [-0.3, -0.25) is 14.5 Å². The maximum absolute atomic E-state index is 14.1. The molecule has 3 aromatic carbocycles. The van der Waals surface area contributed by atoms with Crippen molar-refractivity contribution < 1.29 is 9.13 Å². The van der Waals surface area contributed by atoms with Crippen LogP contribution in [0.1, 0.15) is 24.1 Å². The molecular weight excluding hydrogens is 489 g/mol. The average Bonchev–Trinajstić information content (AvgIpc) is 3.65. The Hall–Kier alpha value is -3.65. The minimum Gasteiger partial charge on any atom is -0.364 e. The summed E-state index contributed by atoms with van der Waals surface area (Å²) < 4.78 is 21.8. The Morgan fingerprint density at radius 1 is 0.923 bits per heavy atom. The number of aromatic amines is 1. The molecule has 2 aromatic heterocycles. The van der Waals surface area contributed by atoms with Crippen LogP contribution in [-0.4, -0.2) is 59.3 Å². The highest BCUT2D eigenvalue weighted by Crippen LogP contribution is 2.55. The van der Waals surface area contributed by atoms with Crippen molar-refractivity contribution in [1.82, 2.24) is 24.6 Å². The number of ether oxygens (including phenoxy) is 1. The summed E-state index contributed by atoms with van der Waals surface area (Å²) in [6, 6.07) is 21.7. The van der Waals surface area contributed by atoms with Crippen LogP contribution >= 0.6 is 0 Å². The van der Waals surface area contributed by atoms with E-state index in [0.29, 0.717) is 6.61 Å². The molecule has 0 spiro atoms. The standard InChI is InChI=1S/C32H31FN5O/c33-25-8-6-23(7-9-25)29-26-18-24-20-34-36-28(24)19-27(26)31(38-15-12-37(13-16-38)14-17-38)35-30(29)32(10-11-32)39-21-22-4-2-1-3-5-22/h1-9,18-20H,10-17,21H2,(H,34,36)/q+1. The number of nitrogens with one attached hydrogen (secondary N) is 1.